The quantitative estimate of drug-likeness (QED) is 0.0309. The van der Waals surface area contributed by atoms with Crippen LogP contribution >= 0.6 is 0 Å². The van der Waals surface area contributed by atoms with Crippen LogP contribution in [0.4, 0.5) is 0 Å². The lowest BCUT2D eigenvalue weighted by Crippen LogP contribution is -2.69. The van der Waals surface area contributed by atoms with E-state index >= 15 is 0 Å². The minimum Gasteiger partial charge on any atom is -0.394 e. The molecule has 8 aliphatic rings. The van der Waals surface area contributed by atoms with Gasteiger partial charge in [-0.3, -0.25) is 9.59 Å². The Morgan fingerprint density at radius 2 is 0.576 bits per heavy atom. The molecule has 8 saturated heterocycles. The molecule has 0 aromatic rings. The van der Waals surface area contributed by atoms with Gasteiger partial charge in [-0.2, -0.15) is 0 Å². The number of carbonyl (C=O) groups excluding carboxylic acids is 2. The highest BCUT2D eigenvalue weighted by molar-refractivity contribution is 5.73. The molecule has 8 fully saturated rings. The van der Waals surface area contributed by atoms with Gasteiger partial charge in [0.15, 0.2) is 50.3 Å². The van der Waals surface area contributed by atoms with Gasteiger partial charge in [0, 0.05) is 6.92 Å². The Bertz CT molecular complexity index is 2440. The average Bonchev–Trinajstić information content (AvgIpc) is 0.777. The number of carbonyl (C=O) groups is 2. The molecule has 0 saturated carbocycles. The van der Waals surface area contributed by atoms with Crippen LogP contribution in [0.1, 0.15) is 6.92 Å². The Morgan fingerprint density at radius 3 is 0.869 bits per heavy atom. The predicted octanol–water partition coefficient (Wildman–Crippen LogP) is -19.2. The van der Waals surface area contributed by atoms with Crippen LogP contribution in [0.3, 0.4) is 0 Å². The van der Waals surface area contributed by atoms with Gasteiger partial charge in [-0.15, -0.1) is 0 Å². The van der Waals surface area contributed by atoms with Gasteiger partial charge in [-0.1, -0.05) is 0 Å². The molecular weight excluding hydrogens is 1360 g/mol. The minimum atomic E-state index is -2.39. The Hall–Kier alpha value is -2.70. The van der Waals surface area contributed by atoms with Crippen molar-refractivity contribution in [2.45, 2.75) is 259 Å². The topological polar surface area (TPSA) is 712 Å². The SMILES string of the molecule is CC(=O)N[C@H]1[C@H](O[C@H]2[C@@H](O)[C@@H](CO)O[C@H](O[C@H]3[C@@H](O)[C@@H](CO)O[C@H](O[C@H]4[C@@H](O)[C@@H](CO)O[C@H](O[C@H]5[C@@H](O)[C@@H](CO)O[C@H](O[C@H]6[C@@H](O)[C@@H](CO)O[C@H](O[C@@H]7[C@H](O)[C@@H](O)[C@H](O[C@H]8[C@H](O)[C@@H](O)[C@H](OC[C@@H](CO)NC=O)O[C@@H]8CO)O[C@@H]7CO)[C@@H]6O)[C@@H]5O)[C@@H]4O)[C@@H]3O)[C@@H]2O)O[C@H](CO)[C@H](O)[C@@H]1O. The van der Waals surface area contributed by atoms with Crippen molar-refractivity contribution >= 4 is 12.3 Å². The molecular formula is C54H92N2O43. The number of hydrogen-bond donors (Lipinski definition) is 27. The summed E-state index contributed by atoms with van der Waals surface area (Å²) in [4.78, 5) is 23.0. The first-order valence-electron chi connectivity index (χ1n) is 31.4. The molecule has 8 rings (SSSR count). The summed E-state index contributed by atoms with van der Waals surface area (Å²) in [5.41, 5.74) is 0. The lowest BCUT2D eigenvalue weighted by molar-refractivity contribution is -0.401. The van der Waals surface area contributed by atoms with Crippen LogP contribution in [0.2, 0.25) is 0 Å². The van der Waals surface area contributed by atoms with E-state index in [0.29, 0.717) is 0 Å². The summed E-state index contributed by atoms with van der Waals surface area (Å²) >= 11 is 0. The molecule has 45 heteroatoms. The number of rotatable bonds is 29. The normalized spacial score (nSPS) is 49.6. The first-order valence-corrected chi connectivity index (χ1v) is 31.4. The summed E-state index contributed by atoms with van der Waals surface area (Å²) in [6.45, 7) is -8.51. The smallest absolute Gasteiger partial charge is 0.217 e. The van der Waals surface area contributed by atoms with E-state index in [1.807, 2.05) is 0 Å². The molecule has 0 unspecified atom stereocenters. The molecule has 2 amide bonds. The van der Waals surface area contributed by atoms with Gasteiger partial charge in [-0.05, 0) is 0 Å². The highest BCUT2D eigenvalue weighted by Gasteiger charge is 2.60. The number of aliphatic hydroxyl groups is 25. The molecule has 0 aromatic carbocycles. The van der Waals surface area contributed by atoms with E-state index in [9.17, 15) is 137 Å². The largest absolute Gasteiger partial charge is 0.394 e. The van der Waals surface area contributed by atoms with E-state index in [2.05, 4.69) is 10.6 Å². The predicted molar refractivity (Wildman–Crippen MR) is 300 cm³/mol. The number of amides is 2. The third kappa shape index (κ3) is 17.9. The molecule has 8 aliphatic heterocycles. The Morgan fingerprint density at radius 1 is 0.323 bits per heavy atom. The van der Waals surface area contributed by atoms with E-state index in [4.69, 9.17) is 75.8 Å². The lowest BCUT2D eigenvalue weighted by Gasteiger charge is -2.50. The van der Waals surface area contributed by atoms with Crippen LogP contribution in [0.5, 0.6) is 0 Å². The summed E-state index contributed by atoms with van der Waals surface area (Å²) in [6, 6.07) is -2.61. The molecule has 0 aromatic heterocycles. The van der Waals surface area contributed by atoms with Gasteiger partial charge in [0.2, 0.25) is 12.3 Å². The average molecular weight is 1460 g/mol. The highest BCUT2D eigenvalue weighted by atomic mass is 16.8. The number of aliphatic hydroxyl groups excluding tert-OH is 25. The molecule has 0 spiro atoms. The number of nitrogens with one attached hydrogen (secondary N) is 2. The molecule has 45 nitrogen and oxygen atoms in total. The first kappa shape index (κ1) is 82.0. The maximum Gasteiger partial charge on any atom is 0.217 e. The van der Waals surface area contributed by atoms with Gasteiger partial charge >= 0.3 is 0 Å². The van der Waals surface area contributed by atoms with Crippen LogP contribution < -0.4 is 10.6 Å². The number of hydrogen-bond acceptors (Lipinski definition) is 43. The monoisotopic (exact) mass is 1460 g/mol. The van der Waals surface area contributed by atoms with Gasteiger partial charge in [0.25, 0.3) is 0 Å². The van der Waals surface area contributed by atoms with Crippen LogP contribution in [0.15, 0.2) is 0 Å². The van der Waals surface area contributed by atoms with Crippen molar-refractivity contribution in [3.63, 3.8) is 0 Å². The maximum absolute atomic E-state index is 12.1. The Balaban J connectivity index is 0.942. The van der Waals surface area contributed by atoms with E-state index in [1.165, 1.54) is 0 Å². The molecule has 8 heterocycles. The van der Waals surface area contributed by atoms with Gasteiger partial charge in [0.1, 0.15) is 195 Å². The van der Waals surface area contributed by atoms with Gasteiger partial charge in [0.05, 0.1) is 72.1 Å². The molecule has 99 heavy (non-hydrogen) atoms. The fourth-order valence-corrected chi connectivity index (χ4v) is 12.5. The summed E-state index contributed by atoms with van der Waals surface area (Å²) < 4.78 is 90.7. The van der Waals surface area contributed by atoms with Crippen molar-refractivity contribution in [1.29, 1.82) is 0 Å². The third-order valence-electron chi connectivity index (χ3n) is 18.0. The van der Waals surface area contributed by atoms with Crippen LogP contribution in [0, 0.1) is 0 Å². The zero-order chi connectivity index (χ0) is 72.8. The zero-order valence-electron chi connectivity index (χ0n) is 52.3. The number of ether oxygens (including phenoxy) is 16. The first-order chi connectivity index (χ1) is 47.1. The van der Waals surface area contributed by atoms with E-state index in [1.54, 1.807) is 0 Å². The Kier molecular flexibility index (Phi) is 30.2. The van der Waals surface area contributed by atoms with Crippen LogP contribution in [-0.4, -0.2) is 458 Å². The van der Waals surface area contributed by atoms with Crippen molar-refractivity contribution in [3.05, 3.63) is 0 Å². The van der Waals surface area contributed by atoms with Gasteiger partial charge < -0.3 is 214 Å². The van der Waals surface area contributed by atoms with Crippen molar-refractivity contribution in [2.75, 3.05) is 66.1 Å². The summed E-state index contributed by atoms with van der Waals surface area (Å²) in [5.74, 6) is -0.787. The lowest BCUT2D eigenvalue weighted by atomic mass is 9.94. The second-order valence-corrected chi connectivity index (χ2v) is 24.6. The zero-order valence-corrected chi connectivity index (χ0v) is 52.3. The summed E-state index contributed by atoms with van der Waals surface area (Å²) in [5, 5.41) is 278. The summed E-state index contributed by atoms with van der Waals surface area (Å²) in [7, 11) is 0. The third-order valence-corrected chi connectivity index (χ3v) is 18.0. The standard InChI is InChI=1S/C54H92N2O43/c1-13(67)56-23-30(74)24(68)15(3-58)85-47(23)95-42-25(69)16(4-59)87-51(35(42)79)97-44-27(71)18(6-61)89-53(37(44)81)99-46-29(73)20(8-63)90-54(39(46)83)98-45-28(72)19(7-62)88-52(38(45)82)96-43-26(70)17(5-60)86-50(36(43)80)94-41-22(10-65)92-49(34(78)32(41)76)93-40-21(9-64)91-48(33(77)31(40)75)84-11-14(2-57)55-12-66/h12,14-54,57-65,68-83H,2-11H2,1H3,(H,55,66)(H,56,67)/t14-,15-,16-,17-,18-,19-,20-,21-,22-,23-,24+,25+,26+,27+,28+,29+,30-,31-,32-,33-,34-,35-,36-,37-,38-,39-,40-,41+,42+,43+,44+,45+,46+,47+,48-,49+,50-,51-,52-,53-,54-/m1/s1. The second-order valence-electron chi connectivity index (χ2n) is 24.6. The fourth-order valence-electron chi connectivity index (χ4n) is 12.5. The van der Waals surface area contributed by atoms with Gasteiger partial charge in [-0.25, -0.2) is 0 Å². The maximum atomic E-state index is 12.1. The molecule has 41 atom stereocenters. The van der Waals surface area contributed by atoms with Crippen molar-refractivity contribution in [2.24, 2.45) is 0 Å². The van der Waals surface area contributed by atoms with E-state index in [0.717, 1.165) is 6.92 Å². The molecule has 27 N–H and O–H groups in total. The molecule has 576 valence electrons. The van der Waals surface area contributed by atoms with Crippen LogP contribution in [-0.2, 0) is 85.4 Å². The molecule has 0 aliphatic carbocycles. The highest BCUT2D eigenvalue weighted by Crippen LogP contribution is 2.39. The fraction of sp³-hybridized carbons (Fsp3) is 0.963. The second kappa shape index (κ2) is 36.5. The van der Waals surface area contributed by atoms with E-state index in [-0.39, 0.29) is 6.41 Å². The van der Waals surface area contributed by atoms with Crippen LogP contribution in [0.25, 0.3) is 0 Å². The summed E-state index contributed by atoms with van der Waals surface area (Å²) in [6.07, 6.45) is -79.3. The van der Waals surface area contributed by atoms with Crippen molar-refractivity contribution < 1.29 is 213 Å². The molecule has 0 bridgehead atoms. The van der Waals surface area contributed by atoms with E-state index < -0.39 is 324 Å². The molecule has 0 radical (unpaired) electrons. The van der Waals surface area contributed by atoms with Crippen molar-refractivity contribution in [3.8, 4) is 0 Å². The minimum absolute atomic E-state index is 0.263. The Labute approximate surface area is 559 Å². The van der Waals surface area contributed by atoms with Crippen molar-refractivity contribution in [1.82, 2.24) is 10.6 Å².